The molecule has 3 nitrogen and oxygen atoms in total. The minimum Gasteiger partial charge on any atom is -0.384 e. The lowest BCUT2D eigenvalue weighted by Gasteiger charge is -2.06. The van der Waals surface area contributed by atoms with Gasteiger partial charge in [-0.05, 0) is 12.5 Å². The Morgan fingerprint density at radius 2 is 1.62 bits per heavy atom. The minimum atomic E-state index is 0.506. The van der Waals surface area contributed by atoms with Crippen LogP contribution in [0.5, 0.6) is 0 Å². The third kappa shape index (κ3) is 3.26. The summed E-state index contributed by atoms with van der Waals surface area (Å²) >= 11 is 0. The first kappa shape index (κ1) is 13.3. The van der Waals surface area contributed by atoms with Crippen LogP contribution in [-0.2, 0) is 6.42 Å². The molecule has 0 atom stereocenters. The van der Waals surface area contributed by atoms with Crippen LogP contribution in [0.25, 0.3) is 11.3 Å². The molecule has 0 amide bonds. The van der Waals surface area contributed by atoms with E-state index in [0.29, 0.717) is 12.2 Å². The van der Waals surface area contributed by atoms with Crippen LogP contribution < -0.4 is 5.73 Å². The molecule has 0 aliphatic heterocycles. The van der Waals surface area contributed by atoms with E-state index in [4.69, 9.17) is 5.73 Å². The van der Waals surface area contributed by atoms with Crippen LogP contribution in [0.15, 0.2) is 60.7 Å². The maximum absolute atomic E-state index is 5.92. The molecule has 2 N–H and O–H groups in total. The minimum absolute atomic E-state index is 0.506. The fourth-order valence-corrected chi connectivity index (χ4v) is 2.24. The Labute approximate surface area is 124 Å². The van der Waals surface area contributed by atoms with E-state index in [1.54, 1.807) is 0 Å². The van der Waals surface area contributed by atoms with E-state index in [2.05, 4.69) is 41.2 Å². The molecule has 104 valence electrons. The summed E-state index contributed by atoms with van der Waals surface area (Å²) < 4.78 is 0. The fourth-order valence-electron chi connectivity index (χ4n) is 2.24. The van der Waals surface area contributed by atoms with Crippen molar-refractivity contribution in [3.8, 4) is 11.3 Å². The largest absolute Gasteiger partial charge is 0.384 e. The van der Waals surface area contributed by atoms with Crippen molar-refractivity contribution in [1.82, 2.24) is 9.97 Å². The second-order valence-corrected chi connectivity index (χ2v) is 5.12. The Morgan fingerprint density at radius 1 is 0.905 bits per heavy atom. The Bertz CT molecular complexity index is 734. The van der Waals surface area contributed by atoms with Gasteiger partial charge in [-0.2, -0.15) is 0 Å². The highest BCUT2D eigenvalue weighted by molar-refractivity contribution is 5.61. The van der Waals surface area contributed by atoms with Crippen LogP contribution in [-0.4, -0.2) is 9.97 Å². The van der Waals surface area contributed by atoms with Crippen molar-refractivity contribution in [2.75, 3.05) is 5.73 Å². The van der Waals surface area contributed by atoms with Gasteiger partial charge in [-0.25, -0.2) is 9.97 Å². The lowest BCUT2D eigenvalue weighted by Crippen LogP contribution is -2.02. The van der Waals surface area contributed by atoms with Gasteiger partial charge < -0.3 is 5.73 Å². The topological polar surface area (TPSA) is 51.8 Å². The monoisotopic (exact) mass is 275 g/mol. The Kier molecular flexibility index (Phi) is 3.65. The van der Waals surface area contributed by atoms with Gasteiger partial charge in [0.05, 0.1) is 5.69 Å². The number of aryl methyl sites for hydroxylation is 1. The molecule has 0 saturated heterocycles. The maximum atomic E-state index is 5.92. The van der Waals surface area contributed by atoms with Gasteiger partial charge in [-0.3, -0.25) is 0 Å². The number of nitrogen functional groups attached to an aromatic ring is 1. The van der Waals surface area contributed by atoms with Crippen molar-refractivity contribution in [3.63, 3.8) is 0 Å². The molecule has 0 fully saturated rings. The van der Waals surface area contributed by atoms with Gasteiger partial charge in [0.25, 0.3) is 0 Å². The summed E-state index contributed by atoms with van der Waals surface area (Å²) in [5.74, 6) is 1.25. The Morgan fingerprint density at radius 3 is 2.33 bits per heavy atom. The van der Waals surface area contributed by atoms with Crippen molar-refractivity contribution >= 4 is 5.82 Å². The molecule has 1 heterocycles. The van der Waals surface area contributed by atoms with Crippen LogP contribution in [0.3, 0.4) is 0 Å². The van der Waals surface area contributed by atoms with E-state index < -0.39 is 0 Å². The van der Waals surface area contributed by atoms with Gasteiger partial charge in [-0.15, -0.1) is 0 Å². The molecule has 3 rings (SSSR count). The molecule has 0 aliphatic carbocycles. The smallest absolute Gasteiger partial charge is 0.135 e. The SMILES string of the molecule is Cc1ccc(Cc2nc(N)cc(-c3ccccc3)n2)cc1. The summed E-state index contributed by atoms with van der Waals surface area (Å²) in [5.41, 5.74) is 10.3. The molecule has 0 radical (unpaired) electrons. The van der Waals surface area contributed by atoms with Gasteiger partial charge in [0.2, 0.25) is 0 Å². The second kappa shape index (κ2) is 5.75. The van der Waals surface area contributed by atoms with Gasteiger partial charge in [-0.1, -0.05) is 60.2 Å². The normalized spacial score (nSPS) is 10.5. The fraction of sp³-hybridized carbons (Fsp3) is 0.111. The molecule has 0 unspecified atom stereocenters. The quantitative estimate of drug-likeness (QED) is 0.794. The summed E-state index contributed by atoms with van der Waals surface area (Å²) in [6.07, 6.45) is 0.686. The van der Waals surface area contributed by atoms with Crippen molar-refractivity contribution in [1.29, 1.82) is 0 Å². The number of hydrogen-bond donors (Lipinski definition) is 1. The number of nitrogens with two attached hydrogens (primary N) is 1. The van der Waals surface area contributed by atoms with Crippen molar-refractivity contribution < 1.29 is 0 Å². The third-order valence-electron chi connectivity index (χ3n) is 3.34. The number of aromatic nitrogens is 2. The Hall–Kier alpha value is -2.68. The van der Waals surface area contributed by atoms with E-state index in [1.807, 2.05) is 36.4 Å². The molecule has 3 aromatic rings. The molecular weight excluding hydrogens is 258 g/mol. The lowest BCUT2D eigenvalue weighted by molar-refractivity contribution is 0.977. The van der Waals surface area contributed by atoms with Crippen LogP contribution in [0.1, 0.15) is 17.0 Å². The zero-order valence-electron chi connectivity index (χ0n) is 12.0. The molecule has 1 aromatic heterocycles. The van der Waals surface area contributed by atoms with Crippen LogP contribution in [0.2, 0.25) is 0 Å². The zero-order chi connectivity index (χ0) is 14.7. The average molecular weight is 275 g/mol. The maximum Gasteiger partial charge on any atom is 0.135 e. The van der Waals surface area contributed by atoms with Crippen molar-refractivity contribution in [2.24, 2.45) is 0 Å². The number of hydrogen-bond acceptors (Lipinski definition) is 3. The molecular formula is C18H17N3. The second-order valence-electron chi connectivity index (χ2n) is 5.12. The standard InChI is InChI=1S/C18H17N3/c1-13-7-9-14(10-8-13)11-18-20-16(12-17(19)21-18)15-5-3-2-4-6-15/h2-10,12H,11H2,1H3,(H2,19,20,21). The van der Waals surface area contributed by atoms with E-state index in [1.165, 1.54) is 11.1 Å². The molecule has 2 aromatic carbocycles. The summed E-state index contributed by atoms with van der Waals surface area (Å²) in [6.45, 7) is 2.08. The first-order chi connectivity index (χ1) is 10.2. The van der Waals surface area contributed by atoms with Crippen LogP contribution >= 0.6 is 0 Å². The van der Waals surface area contributed by atoms with Crippen LogP contribution in [0.4, 0.5) is 5.82 Å². The summed E-state index contributed by atoms with van der Waals surface area (Å²) in [4.78, 5) is 8.97. The van der Waals surface area contributed by atoms with Crippen molar-refractivity contribution in [3.05, 3.63) is 77.6 Å². The number of benzene rings is 2. The number of rotatable bonds is 3. The molecule has 0 saturated carbocycles. The summed E-state index contributed by atoms with van der Waals surface area (Å²) in [5, 5.41) is 0. The molecule has 0 bridgehead atoms. The highest BCUT2D eigenvalue weighted by Gasteiger charge is 2.06. The lowest BCUT2D eigenvalue weighted by atomic mass is 10.1. The number of anilines is 1. The molecule has 0 aliphatic rings. The van der Waals surface area contributed by atoms with Gasteiger partial charge >= 0.3 is 0 Å². The van der Waals surface area contributed by atoms with E-state index in [0.717, 1.165) is 17.1 Å². The summed E-state index contributed by atoms with van der Waals surface area (Å²) in [6, 6.07) is 20.2. The first-order valence-corrected chi connectivity index (χ1v) is 6.95. The highest BCUT2D eigenvalue weighted by Crippen LogP contribution is 2.19. The van der Waals surface area contributed by atoms with E-state index in [-0.39, 0.29) is 0 Å². The predicted octanol–water partition coefficient (Wildman–Crippen LogP) is 3.63. The van der Waals surface area contributed by atoms with Crippen molar-refractivity contribution in [2.45, 2.75) is 13.3 Å². The van der Waals surface area contributed by atoms with E-state index >= 15 is 0 Å². The molecule has 0 spiro atoms. The van der Waals surface area contributed by atoms with Gasteiger partial charge in [0.1, 0.15) is 11.6 Å². The summed E-state index contributed by atoms with van der Waals surface area (Å²) in [7, 11) is 0. The predicted molar refractivity (Wildman–Crippen MR) is 85.9 cm³/mol. The number of nitrogens with zero attached hydrogens (tertiary/aromatic N) is 2. The average Bonchev–Trinajstić information content (AvgIpc) is 2.50. The third-order valence-corrected chi connectivity index (χ3v) is 3.34. The Balaban J connectivity index is 1.93. The van der Waals surface area contributed by atoms with E-state index in [9.17, 15) is 0 Å². The van der Waals surface area contributed by atoms with Gasteiger partial charge in [0, 0.05) is 18.1 Å². The van der Waals surface area contributed by atoms with Gasteiger partial charge in [0.15, 0.2) is 0 Å². The first-order valence-electron chi connectivity index (χ1n) is 6.95. The molecule has 21 heavy (non-hydrogen) atoms. The highest BCUT2D eigenvalue weighted by atomic mass is 14.9. The van der Waals surface area contributed by atoms with Crippen LogP contribution in [0, 0.1) is 6.92 Å². The zero-order valence-corrected chi connectivity index (χ0v) is 12.0. The molecule has 3 heteroatoms.